The summed E-state index contributed by atoms with van der Waals surface area (Å²) in [6, 6.07) is 15.7. The summed E-state index contributed by atoms with van der Waals surface area (Å²) in [7, 11) is 0. The predicted molar refractivity (Wildman–Crippen MR) is 118 cm³/mol. The first kappa shape index (κ1) is 21.6. The molecule has 0 aliphatic rings. The molecule has 1 aromatic heterocycles. The molecule has 2 aromatic carbocycles. The Morgan fingerprint density at radius 2 is 1.81 bits per heavy atom. The first-order chi connectivity index (χ1) is 14.9. The van der Waals surface area contributed by atoms with Crippen molar-refractivity contribution in [2.75, 3.05) is 6.61 Å². The number of nitriles is 1. The van der Waals surface area contributed by atoms with Crippen molar-refractivity contribution in [3.8, 4) is 17.7 Å². The Bertz CT molecular complexity index is 1230. The normalized spacial score (nSPS) is 10.4. The van der Waals surface area contributed by atoms with E-state index < -0.39 is 17.2 Å². The molecule has 6 nitrogen and oxygen atoms in total. The molecule has 0 unspecified atom stereocenters. The highest BCUT2D eigenvalue weighted by molar-refractivity contribution is 6.11. The molecule has 0 bridgehead atoms. The molecular formula is C25H22N2O4. The zero-order valence-electron chi connectivity index (χ0n) is 17.4. The molecule has 0 radical (unpaired) electrons. The van der Waals surface area contributed by atoms with Crippen LogP contribution in [0.15, 0.2) is 66.0 Å². The molecule has 0 amide bonds. The summed E-state index contributed by atoms with van der Waals surface area (Å²) in [6.45, 7) is 7.39. The number of carbonyl (C=O) groups excluding carboxylic acids is 1. The van der Waals surface area contributed by atoms with Gasteiger partial charge in [0, 0.05) is 5.56 Å². The lowest BCUT2D eigenvalue weighted by Crippen LogP contribution is -2.27. The van der Waals surface area contributed by atoms with E-state index in [9.17, 15) is 20.0 Å². The Labute approximate surface area is 180 Å². The molecule has 3 aromatic rings. The van der Waals surface area contributed by atoms with Crippen LogP contribution in [0.4, 0.5) is 0 Å². The predicted octanol–water partition coefficient (Wildman–Crippen LogP) is 3.89. The fourth-order valence-electron chi connectivity index (χ4n) is 3.25. The van der Waals surface area contributed by atoms with Gasteiger partial charge >= 0.3 is 0 Å². The monoisotopic (exact) mass is 414 g/mol. The van der Waals surface area contributed by atoms with Gasteiger partial charge < -0.3 is 9.84 Å². The van der Waals surface area contributed by atoms with Gasteiger partial charge in [-0.2, -0.15) is 5.26 Å². The topological polar surface area (TPSA) is 92.3 Å². The highest BCUT2D eigenvalue weighted by Crippen LogP contribution is 2.26. The minimum Gasteiger partial charge on any atom is -0.494 e. The average molecular weight is 414 g/mol. The highest BCUT2D eigenvalue weighted by Gasteiger charge is 2.25. The van der Waals surface area contributed by atoms with Crippen LogP contribution in [0, 0.1) is 25.2 Å². The zero-order chi connectivity index (χ0) is 22.5. The number of ketones is 1. The third-order valence-corrected chi connectivity index (χ3v) is 4.97. The van der Waals surface area contributed by atoms with Gasteiger partial charge in [0.1, 0.15) is 24.0 Å². The molecule has 31 heavy (non-hydrogen) atoms. The maximum absolute atomic E-state index is 13.2. The van der Waals surface area contributed by atoms with Crippen LogP contribution in [0.1, 0.15) is 38.2 Å². The van der Waals surface area contributed by atoms with Crippen molar-refractivity contribution in [1.82, 2.24) is 4.57 Å². The van der Waals surface area contributed by atoms with Gasteiger partial charge in [-0.15, -0.1) is 0 Å². The Balaban J connectivity index is 2.08. The van der Waals surface area contributed by atoms with Crippen molar-refractivity contribution in [3.63, 3.8) is 0 Å². The van der Waals surface area contributed by atoms with Crippen molar-refractivity contribution in [2.24, 2.45) is 0 Å². The number of benzene rings is 2. The largest absolute Gasteiger partial charge is 0.494 e. The van der Waals surface area contributed by atoms with E-state index in [1.807, 2.05) is 37.3 Å². The quantitative estimate of drug-likeness (QED) is 0.468. The van der Waals surface area contributed by atoms with Gasteiger partial charge in [-0.25, -0.2) is 0 Å². The molecule has 0 atom stereocenters. The Morgan fingerprint density at radius 1 is 1.16 bits per heavy atom. The summed E-state index contributed by atoms with van der Waals surface area (Å²) < 4.78 is 6.48. The average Bonchev–Trinajstić information content (AvgIpc) is 2.77. The number of nitrogens with zero attached hydrogens (tertiary/aromatic N) is 2. The van der Waals surface area contributed by atoms with E-state index in [1.165, 1.54) is 6.92 Å². The van der Waals surface area contributed by atoms with Gasteiger partial charge in [0.15, 0.2) is 5.78 Å². The number of aryl methyl sites for hydroxylation is 1. The van der Waals surface area contributed by atoms with Crippen LogP contribution in [0.5, 0.6) is 11.6 Å². The van der Waals surface area contributed by atoms with Crippen molar-refractivity contribution in [2.45, 2.75) is 20.4 Å². The van der Waals surface area contributed by atoms with E-state index in [1.54, 1.807) is 30.3 Å². The smallest absolute Gasteiger partial charge is 0.271 e. The number of hydrogen-bond acceptors (Lipinski definition) is 5. The summed E-state index contributed by atoms with van der Waals surface area (Å²) >= 11 is 0. The van der Waals surface area contributed by atoms with Crippen LogP contribution in [0.2, 0.25) is 0 Å². The van der Waals surface area contributed by atoms with Crippen molar-refractivity contribution in [3.05, 3.63) is 105 Å². The van der Waals surface area contributed by atoms with Gasteiger partial charge in [-0.3, -0.25) is 14.2 Å². The minimum absolute atomic E-state index is 0.0362. The van der Waals surface area contributed by atoms with Crippen molar-refractivity contribution < 1.29 is 14.6 Å². The van der Waals surface area contributed by atoms with E-state index >= 15 is 0 Å². The van der Waals surface area contributed by atoms with Crippen molar-refractivity contribution in [1.29, 1.82) is 5.26 Å². The molecule has 0 fully saturated rings. The van der Waals surface area contributed by atoms with Crippen LogP contribution in [-0.2, 0) is 6.54 Å². The van der Waals surface area contributed by atoms with E-state index in [0.29, 0.717) is 17.9 Å². The number of aromatic nitrogens is 1. The second kappa shape index (κ2) is 9.14. The second-order valence-electron chi connectivity index (χ2n) is 7.14. The molecule has 0 aliphatic carbocycles. The van der Waals surface area contributed by atoms with Crippen LogP contribution in [0.25, 0.3) is 0 Å². The molecule has 3 rings (SSSR count). The minimum atomic E-state index is -0.636. The number of ether oxygens (including phenoxy) is 1. The first-order valence-corrected chi connectivity index (χ1v) is 9.67. The second-order valence-corrected chi connectivity index (χ2v) is 7.14. The van der Waals surface area contributed by atoms with Crippen LogP contribution in [-0.4, -0.2) is 22.1 Å². The van der Waals surface area contributed by atoms with E-state index in [-0.39, 0.29) is 23.2 Å². The Kier molecular flexibility index (Phi) is 6.37. The molecule has 6 heteroatoms. The Hall–Kier alpha value is -4.11. The van der Waals surface area contributed by atoms with Gasteiger partial charge in [-0.05, 0) is 49.2 Å². The van der Waals surface area contributed by atoms with E-state index in [4.69, 9.17) is 4.74 Å². The maximum atomic E-state index is 13.2. The van der Waals surface area contributed by atoms with Gasteiger partial charge in [0.25, 0.3) is 5.56 Å². The summed E-state index contributed by atoms with van der Waals surface area (Å²) in [5, 5.41) is 20.4. The lowest BCUT2D eigenvalue weighted by molar-refractivity contribution is 0.103. The summed E-state index contributed by atoms with van der Waals surface area (Å²) in [4.78, 5) is 26.0. The van der Waals surface area contributed by atoms with Gasteiger partial charge in [0.2, 0.25) is 5.88 Å². The van der Waals surface area contributed by atoms with Crippen molar-refractivity contribution >= 4 is 5.78 Å². The van der Waals surface area contributed by atoms with Crippen LogP contribution < -0.4 is 10.3 Å². The zero-order valence-corrected chi connectivity index (χ0v) is 17.4. The molecule has 1 N–H and O–H groups in total. The fourth-order valence-corrected chi connectivity index (χ4v) is 3.25. The lowest BCUT2D eigenvalue weighted by atomic mass is 9.97. The summed E-state index contributed by atoms with van der Waals surface area (Å²) in [5.74, 6) is -0.377. The molecular weight excluding hydrogens is 392 g/mol. The lowest BCUT2D eigenvalue weighted by Gasteiger charge is -2.16. The molecule has 0 spiro atoms. The third-order valence-electron chi connectivity index (χ3n) is 4.97. The van der Waals surface area contributed by atoms with E-state index in [2.05, 4.69) is 6.58 Å². The summed E-state index contributed by atoms with van der Waals surface area (Å²) in [6.07, 6.45) is 1.61. The molecule has 156 valence electrons. The number of hydrogen-bond donors (Lipinski definition) is 1. The summed E-state index contributed by atoms with van der Waals surface area (Å²) in [5.41, 5.74) is 1.40. The SMILES string of the molecule is C=CCOc1ccc(C(=O)c2c(C)c(C#N)c(=O)n(Cc3ccc(C)cc3)c2O)cc1. The number of pyridine rings is 1. The van der Waals surface area contributed by atoms with Crippen LogP contribution in [0.3, 0.4) is 0 Å². The number of aromatic hydroxyl groups is 1. The molecule has 0 saturated carbocycles. The number of carbonyl (C=O) groups is 1. The van der Waals surface area contributed by atoms with E-state index in [0.717, 1.165) is 15.7 Å². The number of rotatable bonds is 7. The Morgan fingerprint density at radius 3 is 2.39 bits per heavy atom. The fraction of sp³-hybridized carbons (Fsp3) is 0.160. The van der Waals surface area contributed by atoms with Crippen LogP contribution >= 0.6 is 0 Å². The third kappa shape index (κ3) is 4.41. The molecule has 1 heterocycles. The van der Waals surface area contributed by atoms with Gasteiger partial charge in [-0.1, -0.05) is 42.5 Å². The maximum Gasteiger partial charge on any atom is 0.271 e. The first-order valence-electron chi connectivity index (χ1n) is 9.67. The van der Waals surface area contributed by atoms with Gasteiger partial charge in [0.05, 0.1) is 12.1 Å². The molecule has 0 saturated heterocycles. The molecule has 0 aliphatic heterocycles. The standard InChI is InChI=1S/C25H22N2O4/c1-4-13-31-20-11-9-19(10-12-20)23(28)22-17(3)21(14-26)24(29)27(25(22)30)15-18-7-5-16(2)6-8-18/h4-12,30H,1,13,15H2,2-3H3. The highest BCUT2D eigenvalue weighted by atomic mass is 16.5.